The Hall–Kier alpha value is -1.92. The van der Waals surface area contributed by atoms with Crippen LogP contribution in [0, 0.1) is 0 Å². The van der Waals surface area contributed by atoms with Crippen LogP contribution in [-0.4, -0.2) is 56.2 Å². The summed E-state index contributed by atoms with van der Waals surface area (Å²) in [5.41, 5.74) is 1.16. The monoisotopic (exact) mass is 306 g/mol. The molecule has 0 saturated carbocycles. The number of amides is 1. The molecule has 1 aromatic rings. The Morgan fingerprint density at radius 1 is 1.23 bits per heavy atom. The van der Waals surface area contributed by atoms with Gasteiger partial charge in [-0.05, 0) is 31.2 Å². The molecule has 0 unspecified atom stereocenters. The summed E-state index contributed by atoms with van der Waals surface area (Å²) in [6.45, 7) is 6.06. The SMILES string of the molecule is CCOC(=O)c1ccc(NC(=O)CCN2CCOCC2)cc1. The predicted octanol–water partition coefficient (Wildman–Crippen LogP) is 1.52. The number of nitrogens with one attached hydrogen (secondary N) is 1. The summed E-state index contributed by atoms with van der Waals surface area (Å²) >= 11 is 0. The molecule has 6 heteroatoms. The number of ether oxygens (including phenoxy) is 2. The molecule has 0 aliphatic carbocycles. The van der Waals surface area contributed by atoms with E-state index in [9.17, 15) is 9.59 Å². The minimum Gasteiger partial charge on any atom is -0.462 e. The summed E-state index contributed by atoms with van der Waals surface area (Å²) in [5.74, 6) is -0.386. The molecule has 1 amide bonds. The van der Waals surface area contributed by atoms with E-state index in [2.05, 4.69) is 10.2 Å². The maximum Gasteiger partial charge on any atom is 0.338 e. The molecular formula is C16H22N2O4. The number of nitrogens with zero attached hydrogens (tertiary/aromatic N) is 1. The number of hydrogen-bond donors (Lipinski definition) is 1. The lowest BCUT2D eigenvalue weighted by molar-refractivity contribution is -0.116. The molecule has 1 aromatic carbocycles. The average Bonchev–Trinajstić information content (AvgIpc) is 2.55. The highest BCUT2D eigenvalue weighted by Gasteiger charge is 2.12. The van der Waals surface area contributed by atoms with Gasteiger partial charge in [-0.1, -0.05) is 0 Å². The maximum atomic E-state index is 11.9. The van der Waals surface area contributed by atoms with Gasteiger partial charge in [-0.25, -0.2) is 4.79 Å². The fourth-order valence-electron chi connectivity index (χ4n) is 2.21. The van der Waals surface area contributed by atoms with Gasteiger partial charge >= 0.3 is 5.97 Å². The second kappa shape index (κ2) is 8.51. The zero-order chi connectivity index (χ0) is 15.8. The number of anilines is 1. The molecule has 120 valence electrons. The van der Waals surface area contributed by atoms with Gasteiger partial charge in [0.15, 0.2) is 0 Å². The molecule has 0 spiro atoms. The minimum atomic E-state index is -0.354. The first-order chi connectivity index (χ1) is 10.7. The Kier molecular flexibility index (Phi) is 6.36. The van der Waals surface area contributed by atoms with Crippen LogP contribution in [0.4, 0.5) is 5.69 Å². The second-order valence-corrected chi connectivity index (χ2v) is 5.05. The first-order valence-electron chi connectivity index (χ1n) is 7.56. The van der Waals surface area contributed by atoms with Crippen molar-refractivity contribution < 1.29 is 19.1 Å². The minimum absolute atomic E-state index is 0.0321. The van der Waals surface area contributed by atoms with Crippen molar-refractivity contribution in [1.29, 1.82) is 0 Å². The quantitative estimate of drug-likeness (QED) is 0.807. The van der Waals surface area contributed by atoms with Gasteiger partial charge in [0.05, 0.1) is 25.4 Å². The van der Waals surface area contributed by atoms with E-state index in [-0.39, 0.29) is 11.9 Å². The van der Waals surface area contributed by atoms with E-state index >= 15 is 0 Å². The van der Waals surface area contributed by atoms with E-state index in [0.29, 0.717) is 24.3 Å². The van der Waals surface area contributed by atoms with Crippen LogP contribution >= 0.6 is 0 Å². The molecule has 22 heavy (non-hydrogen) atoms. The average molecular weight is 306 g/mol. The molecule has 2 rings (SSSR count). The van der Waals surface area contributed by atoms with Crippen molar-refractivity contribution in [1.82, 2.24) is 4.90 Å². The lowest BCUT2D eigenvalue weighted by Crippen LogP contribution is -2.38. The van der Waals surface area contributed by atoms with Crippen molar-refractivity contribution in [3.05, 3.63) is 29.8 Å². The lowest BCUT2D eigenvalue weighted by atomic mass is 10.2. The molecule has 1 saturated heterocycles. The van der Waals surface area contributed by atoms with Crippen LogP contribution < -0.4 is 5.32 Å². The number of carbonyl (C=O) groups is 2. The summed E-state index contributed by atoms with van der Waals surface area (Å²) in [4.78, 5) is 25.7. The van der Waals surface area contributed by atoms with E-state index in [1.165, 1.54) is 0 Å². The van der Waals surface area contributed by atoms with Crippen LogP contribution in [0.1, 0.15) is 23.7 Å². The number of rotatable bonds is 6. The number of morpholine rings is 1. The van der Waals surface area contributed by atoms with Gasteiger partial charge in [0.25, 0.3) is 0 Å². The number of benzene rings is 1. The zero-order valence-corrected chi connectivity index (χ0v) is 12.8. The summed E-state index contributed by atoms with van der Waals surface area (Å²) in [6, 6.07) is 6.71. The number of esters is 1. The highest BCUT2D eigenvalue weighted by atomic mass is 16.5. The van der Waals surface area contributed by atoms with Crippen molar-refractivity contribution in [2.45, 2.75) is 13.3 Å². The molecule has 0 atom stereocenters. The molecule has 1 N–H and O–H groups in total. The summed E-state index contributed by atoms with van der Waals surface area (Å²) in [5, 5.41) is 2.83. The molecule has 0 bridgehead atoms. The normalized spacial score (nSPS) is 15.3. The Balaban J connectivity index is 1.77. The van der Waals surface area contributed by atoms with Gasteiger partial charge in [-0.3, -0.25) is 9.69 Å². The molecule has 1 heterocycles. The molecule has 1 aliphatic heterocycles. The van der Waals surface area contributed by atoms with Crippen LogP contribution in [0.2, 0.25) is 0 Å². The molecular weight excluding hydrogens is 284 g/mol. The van der Waals surface area contributed by atoms with Crippen LogP contribution in [0.15, 0.2) is 24.3 Å². The molecule has 6 nitrogen and oxygen atoms in total. The maximum absolute atomic E-state index is 11.9. The number of carbonyl (C=O) groups excluding carboxylic acids is 2. The topological polar surface area (TPSA) is 67.9 Å². The molecule has 1 aliphatic rings. The standard InChI is InChI=1S/C16H22N2O4/c1-2-22-16(20)13-3-5-14(6-4-13)17-15(19)7-8-18-9-11-21-12-10-18/h3-6H,2,7-12H2,1H3,(H,17,19). The zero-order valence-electron chi connectivity index (χ0n) is 12.8. The Morgan fingerprint density at radius 2 is 1.91 bits per heavy atom. The first kappa shape index (κ1) is 16.5. The van der Waals surface area contributed by atoms with Gasteiger partial charge in [-0.15, -0.1) is 0 Å². The van der Waals surface area contributed by atoms with Gasteiger partial charge in [0.2, 0.25) is 5.91 Å². The van der Waals surface area contributed by atoms with E-state index in [4.69, 9.17) is 9.47 Å². The summed E-state index contributed by atoms with van der Waals surface area (Å²) in [6.07, 6.45) is 0.444. The van der Waals surface area contributed by atoms with Crippen molar-refractivity contribution in [2.75, 3.05) is 44.8 Å². The van der Waals surface area contributed by atoms with Crippen molar-refractivity contribution >= 4 is 17.6 Å². The Labute approximate surface area is 130 Å². The van der Waals surface area contributed by atoms with Crippen LogP contribution in [-0.2, 0) is 14.3 Å². The molecule has 0 aromatic heterocycles. The Morgan fingerprint density at radius 3 is 2.55 bits per heavy atom. The van der Waals surface area contributed by atoms with Crippen molar-refractivity contribution in [3.8, 4) is 0 Å². The van der Waals surface area contributed by atoms with Crippen LogP contribution in [0.5, 0.6) is 0 Å². The fourth-order valence-corrected chi connectivity index (χ4v) is 2.21. The smallest absolute Gasteiger partial charge is 0.338 e. The molecule has 1 fully saturated rings. The van der Waals surface area contributed by atoms with Gasteiger partial charge in [0, 0.05) is 31.7 Å². The summed E-state index contributed by atoms with van der Waals surface area (Å²) < 4.78 is 10.2. The third-order valence-electron chi connectivity index (χ3n) is 3.44. The van der Waals surface area contributed by atoms with E-state index in [0.717, 1.165) is 32.8 Å². The van der Waals surface area contributed by atoms with E-state index in [1.807, 2.05) is 0 Å². The second-order valence-electron chi connectivity index (χ2n) is 5.05. The summed E-state index contributed by atoms with van der Waals surface area (Å²) in [7, 11) is 0. The predicted molar refractivity (Wildman–Crippen MR) is 82.9 cm³/mol. The van der Waals surface area contributed by atoms with Crippen LogP contribution in [0.25, 0.3) is 0 Å². The van der Waals surface area contributed by atoms with E-state index in [1.54, 1.807) is 31.2 Å². The first-order valence-corrected chi connectivity index (χ1v) is 7.56. The molecule has 0 radical (unpaired) electrons. The van der Waals surface area contributed by atoms with Crippen LogP contribution in [0.3, 0.4) is 0 Å². The van der Waals surface area contributed by atoms with Crippen molar-refractivity contribution in [2.24, 2.45) is 0 Å². The van der Waals surface area contributed by atoms with Crippen molar-refractivity contribution in [3.63, 3.8) is 0 Å². The third kappa shape index (κ3) is 5.13. The highest BCUT2D eigenvalue weighted by molar-refractivity contribution is 5.93. The third-order valence-corrected chi connectivity index (χ3v) is 3.44. The largest absolute Gasteiger partial charge is 0.462 e. The van der Waals surface area contributed by atoms with E-state index < -0.39 is 0 Å². The fraction of sp³-hybridized carbons (Fsp3) is 0.500. The highest BCUT2D eigenvalue weighted by Crippen LogP contribution is 2.11. The number of hydrogen-bond acceptors (Lipinski definition) is 5. The van der Waals surface area contributed by atoms with Gasteiger partial charge in [-0.2, -0.15) is 0 Å². The van der Waals surface area contributed by atoms with Gasteiger partial charge < -0.3 is 14.8 Å². The lowest BCUT2D eigenvalue weighted by Gasteiger charge is -2.26. The van der Waals surface area contributed by atoms with Gasteiger partial charge in [0.1, 0.15) is 0 Å². The Bertz CT molecular complexity index is 495.